The van der Waals surface area contributed by atoms with Crippen LogP contribution in [-0.2, 0) is 4.79 Å². The molecule has 0 aliphatic heterocycles. The van der Waals surface area contributed by atoms with Crippen LogP contribution in [0.25, 0.3) is 0 Å². The zero-order chi connectivity index (χ0) is 12.2. The largest absolute Gasteiger partial charge is 0.355 e. The molecule has 0 atom stereocenters. The van der Waals surface area contributed by atoms with Crippen LogP contribution in [0.15, 0.2) is 0 Å². The van der Waals surface area contributed by atoms with E-state index in [2.05, 4.69) is 12.2 Å². The van der Waals surface area contributed by atoms with Crippen LogP contribution in [0.4, 0.5) is 0 Å². The average Bonchev–Trinajstić information content (AvgIpc) is 2.61. The third-order valence-corrected chi connectivity index (χ3v) is 3.69. The lowest BCUT2D eigenvalue weighted by Crippen LogP contribution is -2.42. The molecule has 1 rings (SSSR count). The van der Waals surface area contributed by atoms with E-state index in [1.165, 1.54) is 32.1 Å². The molecule has 16 heavy (non-hydrogen) atoms. The summed E-state index contributed by atoms with van der Waals surface area (Å²) in [7, 11) is 0. The fourth-order valence-electron chi connectivity index (χ4n) is 2.54. The SMILES string of the molecule is CCC1(CNC(=O)CC(C)(C)N)CCCC1. The summed E-state index contributed by atoms with van der Waals surface area (Å²) in [6.45, 7) is 6.83. The molecule has 1 aliphatic carbocycles. The minimum Gasteiger partial charge on any atom is -0.355 e. The molecule has 94 valence electrons. The molecule has 0 spiro atoms. The molecule has 3 N–H and O–H groups in total. The van der Waals surface area contributed by atoms with Gasteiger partial charge in [0, 0.05) is 18.5 Å². The Morgan fingerprint density at radius 1 is 1.38 bits per heavy atom. The Morgan fingerprint density at radius 2 is 1.94 bits per heavy atom. The molecule has 0 aromatic heterocycles. The van der Waals surface area contributed by atoms with Crippen molar-refractivity contribution in [3.63, 3.8) is 0 Å². The smallest absolute Gasteiger partial charge is 0.221 e. The van der Waals surface area contributed by atoms with E-state index >= 15 is 0 Å². The third-order valence-electron chi connectivity index (χ3n) is 3.69. The van der Waals surface area contributed by atoms with Crippen molar-refractivity contribution in [3.05, 3.63) is 0 Å². The summed E-state index contributed by atoms with van der Waals surface area (Å²) in [5.74, 6) is 0.0900. The van der Waals surface area contributed by atoms with E-state index in [1.54, 1.807) is 0 Å². The number of hydrogen-bond acceptors (Lipinski definition) is 2. The Balaban J connectivity index is 2.35. The molecule has 0 aromatic rings. The molecule has 0 unspecified atom stereocenters. The van der Waals surface area contributed by atoms with Gasteiger partial charge in [-0.15, -0.1) is 0 Å². The van der Waals surface area contributed by atoms with Crippen LogP contribution in [-0.4, -0.2) is 18.0 Å². The van der Waals surface area contributed by atoms with Crippen LogP contribution >= 0.6 is 0 Å². The van der Waals surface area contributed by atoms with E-state index in [-0.39, 0.29) is 5.91 Å². The quantitative estimate of drug-likeness (QED) is 0.755. The molecular weight excluding hydrogens is 200 g/mol. The minimum absolute atomic E-state index is 0.0900. The minimum atomic E-state index is -0.404. The Labute approximate surface area is 99.2 Å². The van der Waals surface area contributed by atoms with Crippen LogP contribution in [0.3, 0.4) is 0 Å². The summed E-state index contributed by atoms with van der Waals surface area (Å²) in [5.41, 5.74) is 5.79. The van der Waals surface area contributed by atoms with Gasteiger partial charge in [-0.2, -0.15) is 0 Å². The summed E-state index contributed by atoms with van der Waals surface area (Å²) in [4.78, 5) is 11.7. The standard InChI is InChI=1S/C13H26N2O/c1-4-13(7-5-6-8-13)10-15-11(16)9-12(2,3)14/h4-10,14H2,1-3H3,(H,15,16). The molecule has 3 heteroatoms. The molecule has 0 heterocycles. The maximum Gasteiger partial charge on any atom is 0.221 e. The van der Waals surface area contributed by atoms with Crippen molar-refractivity contribution in [1.82, 2.24) is 5.32 Å². The van der Waals surface area contributed by atoms with Crippen LogP contribution in [0.5, 0.6) is 0 Å². The Morgan fingerprint density at radius 3 is 2.38 bits per heavy atom. The highest BCUT2D eigenvalue weighted by Crippen LogP contribution is 2.40. The molecule has 0 radical (unpaired) electrons. The van der Waals surface area contributed by atoms with Gasteiger partial charge in [0.25, 0.3) is 0 Å². The highest BCUT2D eigenvalue weighted by Gasteiger charge is 2.32. The number of hydrogen-bond donors (Lipinski definition) is 2. The van der Waals surface area contributed by atoms with Gasteiger partial charge in [0.2, 0.25) is 5.91 Å². The van der Waals surface area contributed by atoms with Crippen LogP contribution < -0.4 is 11.1 Å². The first-order chi connectivity index (χ1) is 7.37. The molecule has 1 fully saturated rings. The molecule has 0 aromatic carbocycles. The zero-order valence-electron chi connectivity index (χ0n) is 10.9. The second-order valence-electron chi connectivity index (χ2n) is 6.00. The number of nitrogens with two attached hydrogens (primary N) is 1. The number of carbonyl (C=O) groups is 1. The van der Waals surface area contributed by atoms with Gasteiger partial charge in [-0.05, 0) is 38.5 Å². The van der Waals surface area contributed by atoms with Crippen molar-refractivity contribution in [2.45, 2.75) is 64.8 Å². The lowest BCUT2D eigenvalue weighted by atomic mass is 9.83. The fourth-order valence-corrected chi connectivity index (χ4v) is 2.54. The zero-order valence-corrected chi connectivity index (χ0v) is 10.9. The van der Waals surface area contributed by atoms with Crippen LogP contribution in [0.1, 0.15) is 59.3 Å². The molecule has 3 nitrogen and oxygen atoms in total. The molecule has 0 saturated heterocycles. The number of carbonyl (C=O) groups excluding carboxylic acids is 1. The van der Waals surface area contributed by atoms with Crippen LogP contribution in [0.2, 0.25) is 0 Å². The molecule has 0 bridgehead atoms. The van der Waals surface area contributed by atoms with E-state index < -0.39 is 5.54 Å². The van der Waals surface area contributed by atoms with Gasteiger partial charge in [-0.1, -0.05) is 19.8 Å². The van der Waals surface area contributed by atoms with Crippen molar-refractivity contribution < 1.29 is 4.79 Å². The first kappa shape index (κ1) is 13.5. The molecule has 1 saturated carbocycles. The Kier molecular flexibility index (Phi) is 4.36. The molecular formula is C13H26N2O. The first-order valence-corrected chi connectivity index (χ1v) is 6.42. The summed E-state index contributed by atoms with van der Waals surface area (Å²) in [6, 6.07) is 0. The summed E-state index contributed by atoms with van der Waals surface area (Å²) < 4.78 is 0. The topological polar surface area (TPSA) is 55.1 Å². The Hall–Kier alpha value is -0.570. The van der Waals surface area contributed by atoms with Gasteiger partial charge in [0.1, 0.15) is 0 Å². The van der Waals surface area contributed by atoms with Crippen molar-refractivity contribution >= 4 is 5.91 Å². The maximum absolute atomic E-state index is 11.7. The lowest BCUT2D eigenvalue weighted by Gasteiger charge is -2.28. The number of amides is 1. The van der Waals surface area contributed by atoms with E-state index in [9.17, 15) is 4.79 Å². The molecule has 1 aliphatic rings. The summed E-state index contributed by atoms with van der Waals surface area (Å²) in [6.07, 6.45) is 6.72. The molecule has 1 amide bonds. The van der Waals surface area contributed by atoms with Gasteiger partial charge in [0.15, 0.2) is 0 Å². The maximum atomic E-state index is 11.7. The second-order valence-corrected chi connectivity index (χ2v) is 6.00. The highest BCUT2D eigenvalue weighted by molar-refractivity contribution is 5.77. The van der Waals surface area contributed by atoms with Gasteiger partial charge in [-0.3, -0.25) is 4.79 Å². The van der Waals surface area contributed by atoms with Gasteiger partial charge in [0.05, 0.1) is 0 Å². The van der Waals surface area contributed by atoms with E-state index in [0.717, 1.165) is 6.54 Å². The van der Waals surface area contributed by atoms with Crippen molar-refractivity contribution in [3.8, 4) is 0 Å². The summed E-state index contributed by atoms with van der Waals surface area (Å²) in [5, 5.41) is 3.05. The van der Waals surface area contributed by atoms with E-state index in [4.69, 9.17) is 5.73 Å². The van der Waals surface area contributed by atoms with Gasteiger partial charge >= 0.3 is 0 Å². The fraction of sp³-hybridized carbons (Fsp3) is 0.923. The Bertz CT molecular complexity index is 237. The van der Waals surface area contributed by atoms with Crippen molar-refractivity contribution in [2.75, 3.05) is 6.54 Å². The highest BCUT2D eigenvalue weighted by atomic mass is 16.1. The average molecular weight is 226 g/mol. The summed E-state index contributed by atoms with van der Waals surface area (Å²) >= 11 is 0. The normalized spacial score (nSPS) is 19.8. The van der Waals surface area contributed by atoms with Gasteiger partial charge in [-0.25, -0.2) is 0 Å². The number of rotatable bonds is 5. The van der Waals surface area contributed by atoms with Gasteiger partial charge < -0.3 is 11.1 Å². The second kappa shape index (κ2) is 5.17. The first-order valence-electron chi connectivity index (χ1n) is 6.42. The van der Waals surface area contributed by atoms with E-state index in [1.807, 2.05) is 13.8 Å². The van der Waals surface area contributed by atoms with Crippen LogP contribution in [0, 0.1) is 5.41 Å². The van der Waals surface area contributed by atoms with E-state index in [0.29, 0.717) is 11.8 Å². The monoisotopic (exact) mass is 226 g/mol. The lowest BCUT2D eigenvalue weighted by molar-refractivity contribution is -0.122. The predicted molar refractivity (Wildman–Crippen MR) is 67.1 cm³/mol. The number of nitrogens with one attached hydrogen (secondary N) is 1. The van der Waals surface area contributed by atoms with Crippen molar-refractivity contribution in [2.24, 2.45) is 11.1 Å². The van der Waals surface area contributed by atoms with Crippen molar-refractivity contribution in [1.29, 1.82) is 0 Å². The predicted octanol–water partition coefficient (Wildman–Crippen LogP) is 2.20. The third kappa shape index (κ3) is 4.12.